The molecule has 0 aliphatic carbocycles. The quantitative estimate of drug-likeness (QED) is 0.690. The molecule has 0 unspecified atom stereocenters. The number of hydrogen-bond donors (Lipinski definition) is 2. The maximum atomic E-state index is 12.1. The van der Waals surface area contributed by atoms with Crippen LogP contribution in [-0.2, 0) is 17.9 Å². The topological polar surface area (TPSA) is 52.0 Å². The summed E-state index contributed by atoms with van der Waals surface area (Å²) in [4.78, 5) is 13.8. The summed E-state index contributed by atoms with van der Waals surface area (Å²) in [6, 6.07) is 14.1. The predicted molar refractivity (Wildman–Crippen MR) is 111 cm³/mol. The summed E-state index contributed by atoms with van der Waals surface area (Å²) < 4.78 is 10.5. The number of benzene rings is 2. The van der Waals surface area contributed by atoms with E-state index in [4.69, 9.17) is 9.47 Å². The van der Waals surface area contributed by atoms with Crippen molar-refractivity contribution in [2.75, 3.05) is 27.3 Å². The van der Waals surface area contributed by atoms with Crippen molar-refractivity contribution in [3.63, 3.8) is 0 Å². The smallest absolute Gasteiger partial charge is 0.244 e. The van der Waals surface area contributed by atoms with Crippen LogP contribution in [0.1, 0.15) is 29.5 Å². The second kappa shape index (κ2) is 9.95. The van der Waals surface area contributed by atoms with E-state index >= 15 is 0 Å². The van der Waals surface area contributed by atoms with Crippen LogP contribution < -0.4 is 19.7 Å². The lowest BCUT2D eigenvalue weighted by atomic mass is 10.1. The molecule has 0 aromatic heterocycles. The molecular formula is C23H29N2O3+. The molecule has 0 atom stereocenters. The first-order valence-corrected chi connectivity index (χ1v) is 9.77. The van der Waals surface area contributed by atoms with Gasteiger partial charge in [0, 0.05) is 31.0 Å². The van der Waals surface area contributed by atoms with Gasteiger partial charge in [-0.1, -0.05) is 30.3 Å². The normalized spacial score (nSPS) is 14.4. The Morgan fingerprint density at radius 1 is 1.00 bits per heavy atom. The van der Waals surface area contributed by atoms with Crippen LogP contribution in [-0.4, -0.2) is 33.2 Å². The zero-order chi connectivity index (χ0) is 19.8. The van der Waals surface area contributed by atoms with Gasteiger partial charge in [0.25, 0.3) is 0 Å². The monoisotopic (exact) mass is 381 g/mol. The molecule has 148 valence electrons. The van der Waals surface area contributed by atoms with Crippen molar-refractivity contribution in [3.05, 3.63) is 65.2 Å². The van der Waals surface area contributed by atoms with E-state index in [0.29, 0.717) is 18.0 Å². The highest BCUT2D eigenvalue weighted by Crippen LogP contribution is 2.27. The van der Waals surface area contributed by atoms with E-state index in [9.17, 15) is 4.79 Å². The van der Waals surface area contributed by atoms with Gasteiger partial charge in [-0.3, -0.25) is 4.79 Å². The van der Waals surface area contributed by atoms with Crippen LogP contribution in [0.15, 0.2) is 48.5 Å². The molecule has 1 aliphatic heterocycles. The van der Waals surface area contributed by atoms with E-state index in [1.54, 1.807) is 25.2 Å². The number of nitrogens with one attached hydrogen (secondary N) is 2. The Labute approximate surface area is 167 Å². The minimum atomic E-state index is -0.125. The third kappa shape index (κ3) is 5.60. The standard InChI is InChI=1S/C23H28N2O3/c1-27-21-11-9-18(15-22(21)28-2)10-12-23(26)24-16-19-5-7-20(8-6-19)17-25-13-3-4-14-25/h5-12,15H,3-4,13-14,16-17H2,1-2H3,(H,24,26)/p+1/b12-10+. The van der Waals surface area contributed by atoms with Crippen molar-refractivity contribution in [1.82, 2.24) is 5.32 Å². The average molecular weight is 381 g/mol. The van der Waals surface area contributed by atoms with Gasteiger partial charge in [-0.05, 0) is 29.3 Å². The summed E-state index contributed by atoms with van der Waals surface area (Å²) in [5.74, 6) is 1.18. The van der Waals surface area contributed by atoms with Crippen LogP contribution in [0.2, 0.25) is 0 Å². The first-order valence-electron chi connectivity index (χ1n) is 9.77. The SMILES string of the molecule is COc1ccc(/C=C/C(=O)NCc2ccc(C[NH+]3CCCC3)cc2)cc1OC. The van der Waals surface area contributed by atoms with Crippen molar-refractivity contribution in [2.24, 2.45) is 0 Å². The molecule has 28 heavy (non-hydrogen) atoms. The molecule has 0 radical (unpaired) electrons. The lowest BCUT2D eigenvalue weighted by Gasteiger charge is -2.12. The van der Waals surface area contributed by atoms with E-state index in [0.717, 1.165) is 17.7 Å². The number of ether oxygens (including phenoxy) is 2. The molecule has 0 bridgehead atoms. The number of amides is 1. The van der Waals surface area contributed by atoms with Gasteiger partial charge >= 0.3 is 0 Å². The molecule has 1 aliphatic rings. The summed E-state index contributed by atoms with van der Waals surface area (Å²) in [6.07, 6.45) is 5.98. The fraction of sp³-hybridized carbons (Fsp3) is 0.348. The molecule has 1 amide bonds. The second-order valence-electron chi connectivity index (χ2n) is 7.12. The fourth-order valence-electron chi connectivity index (χ4n) is 3.49. The van der Waals surface area contributed by atoms with Crippen molar-refractivity contribution < 1.29 is 19.2 Å². The van der Waals surface area contributed by atoms with Gasteiger partial charge in [0.1, 0.15) is 6.54 Å². The summed E-state index contributed by atoms with van der Waals surface area (Å²) in [5, 5.41) is 2.93. The largest absolute Gasteiger partial charge is 0.493 e. The van der Waals surface area contributed by atoms with E-state index in [1.807, 2.05) is 18.2 Å². The Hall–Kier alpha value is -2.79. The van der Waals surface area contributed by atoms with Gasteiger partial charge < -0.3 is 19.7 Å². The Morgan fingerprint density at radius 3 is 2.36 bits per heavy atom. The number of carbonyl (C=O) groups is 1. The average Bonchev–Trinajstić information content (AvgIpc) is 3.24. The summed E-state index contributed by atoms with van der Waals surface area (Å²) in [7, 11) is 3.19. The summed E-state index contributed by atoms with van der Waals surface area (Å²) in [6.45, 7) is 4.18. The highest BCUT2D eigenvalue weighted by atomic mass is 16.5. The Morgan fingerprint density at radius 2 is 1.68 bits per heavy atom. The summed E-state index contributed by atoms with van der Waals surface area (Å²) >= 11 is 0. The van der Waals surface area contributed by atoms with Gasteiger partial charge in [0.15, 0.2) is 11.5 Å². The molecular weight excluding hydrogens is 352 g/mol. The Balaban J connectivity index is 1.49. The van der Waals surface area contributed by atoms with Crippen molar-refractivity contribution in [1.29, 1.82) is 0 Å². The van der Waals surface area contributed by atoms with Crippen LogP contribution >= 0.6 is 0 Å². The van der Waals surface area contributed by atoms with Gasteiger partial charge in [0.05, 0.1) is 27.3 Å². The van der Waals surface area contributed by atoms with E-state index in [-0.39, 0.29) is 5.91 Å². The molecule has 2 aromatic carbocycles. The lowest BCUT2D eigenvalue weighted by molar-refractivity contribution is -0.901. The van der Waals surface area contributed by atoms with Crippen LogP contribution in [0.25, 0.3) is 6.08 Å². The lowest BCUT2D eigenvalue weighted by Crippen LogP contribution is -3.08. The van der Waals surface area contributed by atoms with E-state index < -0.39 is 0 Å². The molecule has 5 nitrogen and oxygen atoms in total. The second-order valence-corrected chi connectivity index (χ2v) is 7.12. The van der Waals surface area contributed by atoms with Crippen LogP contribution in [0, 0.1) is 0 Å². The Kier molecular flexibility index (Phi) is 7.09. The van der Waals surface area contributed by atoms with Gasteiger partial charge in [-0.25, -0.2) is 0 Å². The highest BCUT2D eigenvalue weighted by Gasteiger charge is 2.15. The maximum Gasteiger partial charge on any atom is 0.244 e. The molecule has 5 heteroatoms. The molecule has 2 aromatic rings. The third-order valence-electron chi connectivity index (χ3n) is 5.09. The molecule has 1 saturated heterocycles. The fourth-order valence-corrected chi connectivity index (χ4v) is 3.49. The molecule has 2 N–H and O–H groups in total. The molecule has 1 fully saturated rings. The highest BCUT2D eigenvalue weighted by molar-refractivity contribution is 5.91. The number of rotatable bonds is 8. The van der Waals surface area contributed by atoms with Crippen LogP contribution in [0.3, 0.4) is 0 Å². The molecule has 0 saturated carbocycles. The molecule has 3 rings (SSSR count). The van der Waals surface area contributed by atoms with Crippen molar-refractivity contribution in [2.45, 2.75) is 25.9 Å². The summed E-state index contributed by atoms with van der Waals surface area (Å²) in [5.41, 5.74) is 3.34. The molecule has 0 spiro atoms. The first-order chi connectivity index (χ1) is 13.7. The zero-order valence-corrected chi connectivity index (χ0v) is 16.7. The van der Waals surface area contributed by atoms with Crippen LogP contribution in [0.5, 0.6) is 11.5 Å². The van der Waals surface area contributed by atoms with Crippen molar-refractivity contribution >= 4 is 12.0 Å². The number of methoxy groups -OCH3 is 2. The first kappa shape index (κ1) is 20.0. The maximum absolute atomic E-state index is 12.1. The predicted octanol–water partition coefficient (Wildman–Crippen LogP) is 2.21. The minimum absolute atomic E-state index is 0.125. The van der Waals surface area contributed by atoms with E-state index in [1.165, 1.54) is 37.6 Å². The zero-order valence-electron chi connectivity index (χ0n) is 16.7. The van der Waals surface area contributed by atoms with E-state index in [2.05, 4.69) is 29.6 Å². The Bertz CT molecular complexity index is 809. The number of likely N-dealkylation sites (tertiary alicyclic amines) is 1. The number of carbonyl (C=O) groups excluding carboxylic acids is 1. The van der Waals surface area contributed by atoms with Gasteiger partial charge in [0.2, 0.25) is 5.91 Å². The van der Waals surface area contributed by atoms with Crippen molar-refractivity contribution in [3.8, 4) is 11.5 Å². The third-order valence-corrected chi connectivity index (χ3v) is 5.09. The van der Waals surface area contributed by atoms with Gasteiger partial charge in [-0.2, -0.15) is 0 Å². The number of quaternary nitrogens is 1. The van der Waals surface area contributed by atoms with Gasteiger partial charge in [-0.15, -0.1) is 0 Å². The minimum Gasteiger partial charge on any atom is -0.493 e. The van der Waals surface area contributed by atoms with Crippen LogP contribution in [0.4, 0.5) is 0 Å². The molecule has 1 heterocycles. The number of hydrogen-bond acceptors (Lipinski definition) is 3.